The van der Waals surface area contributed by atoms with Crippen LogP contribution in [0, 0.1) is 5.92 Å². The zero-order valence-electron chi connectivity index (χ0n) is 11.0. The van der Waals surface area contributed by atoms with E-state index in [1.165, 1.54) is 0 Å². The summed E-state index contributed by atoms with van der Waals surface area (Å²) < 4.78 is 17.1. The van der Waals surface area contributed by atoms with Crippen LogP contribution in [0.5, 0.6) is 0 Å². The highest BCUT2D eigenvalue weighted by molar-refractivity contribution is 6.45. The molecule has 2 rings (SSSR count). The Morgan fingerprint density at radius 3 is 2.65 bits per heavy atom. The summed E-state index contributed by atoms with van der Waals surface area (Å²) in [5, 5.41) is 12.6. The minimum atomic E-state index is -0.541. The molecule has 4 atom stereocenters. The number of nitrogens with one attached hydrogen (secondary N) is 1. The van der Waals surface area contributed by atoms with Gasteiger partial charge in [0.2, 0.25) is 0 Å². The smallest absolute Gasteiger partial charge is 0.373 e. The molecule has 0 bridgehead atoms. The maximum atomic E-state index is 9.44. The van der Waals surface area contributed by atoms with Crippen LogP contribution in [0.4, 0.5) is 0 Å². The molecular weight excluding hydrogens is 221 g/mol. The Labute approximate surface area is 103 Å². The molecule has 2 aliphatic rings. The van der Waals surface area contributed by atoms with Crippen LogP contribution in [0.3, 0.4) is 0 Å². The first kappa shape index (κ1) is 13.3. The predicted octanol–water partition coefficient (Wildman–Crippen LogP) is 0.241. The Morgan fingerprint density at radius 2 is 2.06 bits per heavy atom. The van der Waals surface area contributed by atoms with E-state index in [1.54, 1.807) is 13.9 Å². The first-order valence-electron chi connectivity index (χ1n) is 6.21. The van der Waals surface area contributed by atoms with Crippen LogP contribution in [0.15, 0.2) is 0 Å². The van der Waals surface area contributed by atoms with Gasteiger partial charge in [-0.2, -0.15) is 0 Å². The zero-order chi connectivity index (χ0) is 12.6. The molecule has 2 N–H and O–H groups in total. The van der Waals surface area contributed by atoms with E-state index in [2.05, 4.69) is 5.23 Å². The average Bonchev–Trinajstić information content (AvgIpc) is 2.63. The molecular formula is C11H22BNO4. The van der Waals surface area contributed by atoms with Gasteiger partial charge in [0.05, 0.1) is 12.7 Å². The molecule has 2 fully saturated rings. The van der Waals surface area contributed by atoms with Gasteiger partial charge in [-0.05, 0) is 27.1 Å². The van der Waals surface area contributed by atoms with Gasteiger partial charge in [0.15, 0.2) is 5.79 Å². The minimum Gasteiger partial charge on any atom is -0.437 e. The fourth-order valence-electron chi connectivity index (χ4n) is 2.94. The van der Waals surface area contributed by atoms with E-state index in [0.717, 1.165) is 6.42 Å². The first-order chi connectivity index (χ1) is 7.93. The summed E-state index contributed by atoms with van der Waals surface area (Å²) in [7, 11) is 1.17. The van der Waals surface area contributed by atoms with E-state index >= 15 is 0 Å². The second kappa shape index (κ2) is 4.86. The molecule has 0 radical (unpaired) electrons. The summed E-state index contributed by atoms with van der Waals surface area (Å²) in [5.41, 5.74) is 0. The van der Waals surface area contributed by atoms with E-state index in [0.29, 0.717) is 12.5 Å². The molecule has 0 amide bonds. The number of ether oxygens (including phenoxy) is 3. The molecule has 1 aliphatic carbocycles. The summed E-state index contributed by atoms with van der Waals surface area (Å²) in [4.78, 5) is 0. The summed E-state index contributed by atoms with van der Waals surface area (Å²) in [6.07, 6.45) is 0.963. The highest BCUT2D eigenvalue weighted by atomic mass is 16.8. The van der Waals surface area contributed by atoms with Gasteiger partial charge in [-0.25, -0.2) is 0 Å². The Bertz CT molecular complexity index is 274. The van der Waals surface area contributed by atoms with Crippen LogP contribution in [-0.2, 0) is 14.2 Å². The lowest BCUT2D eigenvalue weighted by molar-refractivity contribution is -0.160. The Hall–Kier alpha value is -0.135. The standard InChI is InChI=1S/C11H22BNO4/c1-11(2)16-9-7(6-15-4)5-8(10(9)17-11)13-12(3)14/h7-10,13-14H,5-6H2,1-4H3. The van der Waals surface area contributed by atoms with Crippen LogP contribution >= 0.6 is 0 Å². The van der Waals surface area contributed by atoms with E-state index in [-0.39, 0.29) is 18.2 Å². The van der Waals surface area contributed by atoms with Gasteiger partial charge < -0.3 is 24.5 Å². The van der Waals surface area contributed by atoms with Crippen molar-refractivity contribution in [3.63, 3.8) is 0 Å². The van der Waals surface area contributed by atoms with E-state index in [4.69, 9.17) is 14.2 Å². The molecule has 5 nitrogen and oxygen atoms in total. The van der Waals surface area contributed by atoms with Crippen LogP contribution < -0.4 is 5.23 Å². The highest BCUT2D eigenvalue weighted by Gasteiger charge is 2.53. The third kappa shape index (κ3) is 2.82. The SMILES string of the molecule is COCC1CC(NB(C)O)C2OC(C)(C)OC12. The zero-order valence-corrected chi connectivity index (χ0v) is 11.0. The number of hydrogen-bond donors (Lipinski definition) is 2. The Morgan fingerprint density at radius 1 is 1.41 bits per heavy atom. The van der Waals surface area contributed by atoms with Crippen molar-refractivity contribution in [2.24, 2.45) is 5.92 Å². The largest absolute Gasteiger partial charge is 0.437 e. The number of methoxy groups -OCH3 is 1. The van der Waals surface area contributed by atoms with Crippen molar-refractivity contribution >= 4 is 7.05 Å². The molecule has 1 aliphatic heterocycles. The average molecular weight is 243 g/mol. The second-order valence-corrected chi connectivity index (χ2v) is 5.47. The summed E-state index contributed by atoms with van der Waals surface area (Å²) >= 11 is 0. The van der Waals surface area contributed by atoms with Crippen molar-refractivity contribution in [3.8, 4) is 0 Å². The molecule has 0 aromatic rings. The third-order valence-corrected chi connectivity index (χ3v) is 3.42. The third-order valence-electron chi connectivity index (χ3n) is 3.42. The molecule has 0 spiro atoms. The maximum Gasteiger partial charge on any atom is 0.373 e. The molecule has 0 aromatic heterocycles. The molecule has 1 heterocycles. The van der Waals surface area contributed by atoms with Crippen molar-refractivity contribution < 1.29 is 19.2 Å². The molecule has 1 saturated carbocycles. The monoisotopic (exact) mass is 243 g/mol. The van der Waals surface area contributed by atoms with Crippen molar-refractivity contribution in [3.05, 3.63) is 0 Å². The number of rotatable bonds is 4. The van der Waals surface area contributed by atoms with E-state index < -0.39 is 12.8 Å². The van der Waals surface area contributed by atoms with Gasteiger partial charge in [-0.15, -0.1) is 0 Å². The van der Waals surface area contributed by atoms with Crippen LogP contribution in [-0.4, -0.2) is 49.8 Å². The minimum absolute atomic E-state index is 0.000231. The molecule has 98 valence electrons. The molecule has 0 aromatic carbocycles. The summed E-state index contributed by atoms with van der Waals surface area (Å²) in [6, 6.07) is 0.127. The molecule has 1 saturated heterocycles. The van der Waals surface area contributed by atoms with Gasteiger partial charge in [-0.3, -0.25) is 0 Å². The van der Waals surface area contributed by atoms with E-state index in [1.807, 2.05) is 13.8 Å². The van der Waals surface area contributed by atoms with Gasteiger partial charge in [0.1, 0.15) is 6.10 Å². The van der Waals surface area contributed by atoms with Gasteiger partial charge in [0.25, 0.3) is 0 Å². The molecule has 17 heavy (non-hydrogen) atoms. The van der Waals surface area contributed by atoms with Crippen molar-refractivity contribution in [2.75, 3.05) is 13.7 Å². The lowest BCUT2D eigenvalue weighted by atomic mass is 9.86. The van der Waals surface area contributed by atoms with Crippen LogP contribution in [0.25, 0.3) is 0 Å². The Balaban J connectivity index is 2.06. The van der Waals surface area contributed by atoms with Crippen LogP contribution in [0.2, 0.25) is 6.82 Å². The predicted molar refractivity (Wildman–Crippen MR) is 64.6 cm³/mol. The highest BCUT2D eigenvalue weighted by Crippen LogP contribution is 2.41. The lowest BCUT2D eigenvalue weighted by Gasteiger charge is -2.24. The maximum absolute atomic E-state index is 9.44. The number of hydrogen-bond acceptors (Lipinski definition) is 5. The van der Waals surface area contributed by atoms with Crippen molar-refractivity contribution in [1.82, 2.24) is 5.23 Å². The fourth-order valence-corrected chi connectivity index (χ4v) is 2.94. The summed E-state index contributed by atoms with van der Waals surface area (Å²) in [5.74, 6) is -0.219. The van der Waals surface area contributed by atoms with Crippen LogP contribution in [0.1, 0.15) is 20.3 Å². The van der Waals surface area contributed by atoms with Gasteiger partial charge in [0, 0.05) is 19.1 Å². The summed E-state index contributed by atoms with van der Waals surface area (Å²) in [6.45, 7) is 6.24. The first-order valence-corrected chi connectivity index (χ1v) is 6.21. The second-order valence-electron chi connectivity index (χ2n) is 5.47. The van der Waals surface area contributed by atoms with E-state index in [9.17, 15) is 5.02 Å². The van der Waals surface area contributed by atoms with Crippen molar-refractivity contribution in [1.29, 1.82) is 0 Å². The normalized spacial score (nSPS) is 39.4. The lowest BCUT2D eigenvalue weighted by Crippen LogP contribution is -2.46. The quantitative estimate of drug-likeness (QED) is 0.693. The fraction of sp³-hybridized carbons (Fsp3) is 1.00. The van der Waals surface area contributed by atoms with Gasteiger partial charge >= 0.3 is 7.05 Å². The molecule has 4 unspecified atom stereocenters. The number of fused-ring (bicyclic) bond motifs is 1. The van der Waals surface area contributed by atoms with Gasteiger partial charge in [-0.1, -0.05) is 0 Å². The van der Waals surface area contributed by atoms with Crippen molar-refractivity contribution in [2.45, 2.75) is 51.1 Å². The topological polar surface area (TPSA) is 60.0 Å². The Kier molecular flexibility index (Phi) is 3.80. The molecule has 6 heteroatoms.